The molecule has 0 spiro atoms. The van der Waals surface area contributed by atoms with Gasteiger partial charge in [0.05, 0.1) is 12.7 Å². The van der Waals surface area contributed by atoms with E-state index in [4.69, 9.17) is 5.73 Å². The molecule has 100 valence electrons. The standard InChI is InChI=1S/C16H14BrN3/c17-15-5-1-3-12(7-15)10-20-11-14(9-19-20)13-4-2-6-16(18)8-13/h1-9,11H,10,18H2. The fourth-order valence-electron chi connectivity index (χ4n) is 2.14. The molecule has 0 saturated heterocycles. The minimum atomic E-state index is 0.752. The topological polar surface area (TPSA) is 43.8 Å². The van der Waals surface area contributed by atoms with Crippen molar-refractivity contribution < 1.29 is 0 Å². The van der Waals surface area contributed by atoms with Gasteiger partial charge in [0.15, 0.2) is 0 Å². The molecule has 3 aromatic rings. The van der Waals surface area contributed by atoms with E-state index < -0.39 is 0 Å². The first-order chi connectivity index (χ1) is 9.70. The maximum Gasteiger partial charge on any atom is 0.0660 e. The zero-order valence-corrected chi connectivity index (χ0v) is 12.4. The predicted octanol–water partition coefficient (Wildman–Crippen LogP) is 3.94. The quantitative estimate of drug-likeness (QED) is 0.740. The van der Waals surface area contributed by atoms with E-state index in [0.717, 1.165) is 27.8 Å². The van der Waals surface area contributed by atoms with Crippen LogP contribution >= 0.6 is 15.9 Å². The van der Waals surface area contributed by atoms with Crippen molar-refractivity contribution in [1.29, 1.82) is 0 Å². The molecule has 20 heavy (non-hydrogen) atoms. The largest absolute Gasteiger partial charge is 0.399 e. The van der Waals surface area contributed by atoms with E-state index in [0.29, 0.717) is 0 Å². The van der Waals surface area contributed by atoms with Crippen LogP contribution < -0.4 is 5.73 Å². The molecular weight excluding hydrogens is 314 g/mol. The Morgan fingerprint density at radius 2 is 1.90 bits per heavy atom. The van der Waals surface area contributed by atoms with E-state index >= 15 is 0 Å². The number of nitrogens with zero attached hydrogens (tertiary/aromatic N) is 2. The minimum Gasteiger partial charge on any atom is -0.399 e. The summed E-state index contributed by atoms with van der Waals surface area (Å²) in [4.78, 5) is 0. The van der Waals surface area contributed by atoms with Crippen LogP contribution in [0.3, 0.4) is 0 Å². The maximum atomic E-state index is 5.81. The second-order valence-corrected chi connectivity index (χ2v) is 5.60. The maximum absolute atomic E-state index is 5.81. The van der Waals surface area contributed by atoms with Gasteiger partial charge < -0.3 is 5.73 Å². The van der Waals surface area contributed by atoms with Crippen molar-refractivity contribution in [1.82, 2.24) is 9.78 Å². The molecule has 4 heteroatoms. The Labute approximate surface area is 126 Å². The number of rotatable bonds is 3. The van der Waals surface area contributed by atoms with E-state index in [1.54, 1.807) is 0 Å². The van der Waals surface area contributed by atoms with Crippen LogP contribution in [0.15, 0.2) is 65.4 Å². The van der Waals surface area contributed by atoms with Crippen LogP contribution in [0.5, 0.6) is 0 Å². The Morgan fingerprint density at radius 1 is 1.05 bits per heavy atom. The number of benzene rings is 2. The van der Waals surface area contributed by atoms with Crippen LogP contribution in [-0.4, -0.2) is 9.78 Å². The van der Waals surface area contributed by atoms with E-state index in [1.807, 2.05) is 53.5 Å². The van der Waals surface area contributed by atoms with Crippen molar-refractivity contribution in [3.05, 3.63) is 71.0 Å². The normalized spacial score (nSPS) is 10.7. The fraction of sp³-hybridized carbons (Fsp3) is 0.0625. The van der Waals surface area contributed by atoms with Crippen LogP contribution in [0.25, 0.3) is 11.1 Å². The van der Waals surface area contributed by atoms with Crippen LogP contribution in [0.2, 0.25) is 0 Å². The van der Waals surface area contributed by atoms with Gasteiger partial charge in [-0.2, -0.15) is 5.10 Å². The lowest BCUT2D eigenvalue weighted by Gasteiger charge is -2.02. The van der Waals surface area contributed by atoms with Gasteiger partial charge in [-0.25, -0.2) is 0 Å². The summed E-state index contributed by atoms with van der Waals surface area (Å²) >= 11 is 3.48. The van der Waals surface area contributed by atoms with Crippen molar-refractivity contribution in [2.24, 2.45) is 0 Å². The number of halogens is 1. The molecule has 0 amide bonds. The first-order valence-electron chi connectivity index (χ1n) is 6.33. The van der Waals surface area contributed by atoms with Gasteiger partial charge in [0.25, 0.3) is 0 Å². The number of nitrogen functional groups attached to an aromatic ring is 1. The van der Waals surface area contributed by atoms with Crippen molar-refractivity contribution in [3.8, 4) is 11.1 Å². The molecule has 2 aromatic carbocycles. The second kappa shape index (κ2) is 5.51. The van der Waals surface area contributed by atoms with Gasteiger partial charge >= 0.3 is 0 Å². The summed E-state index contributed by atoms with van der Waals surface area (Å²) in [6.45, 7) is 0.752. The molecule has 1 heterocycles. The van der Waals surface area contributed by atoms with Crippen molar-refractivity contribution in [2.75, 3.05) is 5.73 Å². The van der Waals surface area contributed by atoms with Crippen LogP contribution in [0.4, 0.5) is 5.69 Å². The highest BCUT2D eigenvalue weighted by Crippen LogP contribution is 2.21. The minimum absolute atomic E-state index is 0.752. The number of hydrogen-bond acceptors (Lipinski definition) is 2. The SMILES string of the molecule is Nc1cccc(-c2cnn(Cc3cccc(Br)c3)c2)c1. The molecule has 0 saturated carbocycles. The Bertz CT molecular complexity index is 734. The zero-order valence-electron chi connectivity index (χ0n) is 10.8. The highest BCUT2D eigenvalue weighted by Gasteiger charge is 2.03. The molecule has 0 aliphatic rings. The molecule has 3 rings (SSSR count). The smallest absolute Gasteiger partial charge is 0.0660 e. The molecule has 0 atom stereocenters. The molecule has 3 nitrogen and oxygen atoms in total. The van der Waals surface area contributed by atoms with Gasteiger partial charge in [-0.15, -0.1) is 0 Å². The number of anilines is 1. The lowest BCUT2D eigenvalue weighted by molar-refractivity contribution is 0.687. The first kappa shape index (κ1) is 12.9. The molecule has 0 unspecified atom stereocenters. The van der Waals surface area contributed by atoms with E-state index in [2.05, 4.69) is 33.2 Å². The Morgan fingerprint density at radius 3 is 2.70 bits per heavy atom. The van der Waals surface area contributed by atoms with E-state index in [9.17, 15) is 0 Å². The molecule has 0 bridgehead atoms. The Hall–Kier alpha value is -2.07. The molecular formula is C16H14BrN3. The van der Waals surface area contributed by atoms with E-state index in [1.165, 1.54) is 5.56 Å². The average Bonchev–Trinajstić information content (AvgIpc) is 2.87. The second-order valence-electron chi connectivity index (χ2n) is 4.68. The molecule has 2 N–H and O–H groups in total. The fourth-order valence-corrected chi connectivity index (χ4v) is 2.59. The summed E-state index contributed by atoms with van der Waals surface area (Å²) in [5.74, 6) is 0. The predicted molar refractivity (Wildman–Crippen MR) is 85.3 cm³/mol. The first-order valence-corrected chi connectivity index (χ1v) is 7.13. The summed E-state index contributed by atoms with van der Waals surface area (Å²) in [5.41, 5.74) is 9.95. The summed E-state index contributed by atoms with van der Waals surface area (Å²) in [6, 6.07) is 16.1. The highest BCUT2D eigenvalue weighted by atomic mass is 79.9. The third-order valence-electron chi connectivity index (χ3n) is 3.09. The lowest BCUT2D eigenvalue weighted by Crippen LogP contribution is -1.99. The third-order valence-corrected chi connectivity index (χ3v) is 3.58. The molecule has 0 aliphatic heterocycles. The van der Waals surface area contributed by atoms with E-state index in [-0.39, 0.29) is 0 Å². The highest BCUT2D eigenvalue weighted by molar-refractivity contribution is 9.10. The summed E-state index contributed by atoms with van der Waals surface area (Å²) in [7, 11) is 0. The number of aromatic nitrogens is 2. The monoisotopic (exact) mass is 327 g/mol. The Kier molecular flexibility index (Phi) is 3.56. The average molecular weight is 328 g/mol. The van der Waals surface area contributed by atoms with Crippen molar-refractivity contribution in [3.63, 3.8) is 0 Å². The van der Waals surface area contributed by atoms with Crippen LogP contribution in [-0.2, 0) is 6.54 Å². The van der Waals surface area contributed by atoms with Crippen LogP contribution in [0.1, 0.15) is 5.56 Å². The van der Waals surface area contributed by atoms with Gasteiger partial charge in [-0.3, -0.25) is 4.68 Å². The Balaban J connectivity index is 1.84. The van der Waals surface area contributed by atoms with Gasteiger partial charge in [-0.05, 0) is 35.4 Å². The number of nitrogens with two attached hydrogens (primary N) is 1. The molecule has 1 aromatic heterocycles. The summed E-state index contributed by atoms with van der Waals surface area (Å²) in [5, 5.41) is 4.41. The van der Waals surface area contributed by atoms with Crippen molar-refractivity contribution in [2.45, 2.75) is 6.54 Å². The van der Waals surface area contributed by atoms with Gasteiger partial charge in [0, 0.05) is 21.9 Å². The molecule has 0 fully saturated rings. The van der Waals surface area contributed by atoms with Gasteiger partial charge in [-0.1, -0.05) is 40.2 Å². The van der Waals surface area contributed by atoms with Crippen LogP contribution in [0, 0.1) is 0 Å². The molecule has 0 aliphatic carbocycles. The number of hydrogen-bond donors (Lipinski definition) is 1. The lowest BCUT2D eigenvalue weighted by atomic mass is 10.1. The van der Waals surface area contributed by atoms with Gasteiger partial charge in [0.1, 0.15) is 0 Å². The summed E-state index contributed by atoms with van der Waals surface area (Å²) in [6.07, 6.45) is 3.91. The third kappa shape index (κ3) is 2.91. The van der Waals surface area contributed by atoms with Crippen molar-refractivity contribution >= 4 is 21.6 Å². The van der Waals surface area contributed by atoms with Gasteiger partial charge in [0.2, 0.25) is 0 Å². The summed E-state index contributed by atoms with van der Waals surface area (Å²) < 4.78 is 3.01. The zero-order chi connectivity index (χ0) is 13.9. The molecule has 0 radical (unpaired) electrons.